The highest BCUT2D eigenvalue weighted by Crippen LogP contribution is 2.33. The van der Waals surface area contributed by atoms with Gasteiger partial charge in [-0.15, -0.1) is 0 Å². The molecule has 0 bridgehead atoms. The molecule has 2 heteroatoms. The minimum absolute atomic E-state index is 0.603. The molecule has 1 N–H and O–H groups in total. The van der Waals surface area contributed by atoms with E-state index in [0.717, 1.165) is 18.8 Å². The summed E-state index contributed by atoms with van der Waals surface area (Å²) < 4.78 is 5.38. The molecule has 0 aliphatic carbocycles. The fraction of sp³-hybridized carbons (Fsp3) is 0.500. The molecule has 0 saturated carbocycles. The fourth-order valence-electron chi connectivity index (χ4n) is 2.20. The lowest BCUT2D eigenvalue weighted by Gasteiger charge is -2.17. The quantitative estimate of drug-likeness (QED) is 0.772. The van der Waals surface area contributed by atoms with Gasteiger partial charge in [0.2, 0.25) is 0 Å². The third-order valence-corrected chi connectivity index (χ3v) is 3.06. The summed E-state index contributed by atoms with van der Waals surface area (Å²) in [4.78, 5) is 0. The molecule has 1 aliphatic rings. The van der Waals surface area contributed by atoms with Crippen molar-refractivity contribution in [2.75, 3.05) is 20.2 Å². The zero-order valence-corrected chi connectivity index (χ0v) is 8.79. The van der Waals surface area contributed by atoms with E-state index in [9.17, 15) is 0 Å². The van der Waals surface area contributed by atoms with E-state index in [0.29, 0.717) is 11.8 Å². The summed E-state index contributed by atoms with van der Waals surface area (Å²) in [5.41, 5.74) is 1.34. The summed E-state index contributed by atoms with van der Waals surface area (Å²) in [7, 11) is 1.74. The van der Waals surface area contributed by atoms with Crippen LogP contribution in [0.3, 0.4) is 0 Å². The average Bonchev–Trinajstić information content (AvgIpc) is 2.64. The summed E-state index contributed by atoms with van der Waals surface area (Å²) >= 11 is 0. The lowest BCUT2D eigenvalue weighted by Crippen LogP contribution is -2.09. The zero-order valence-electron chi connectivity index (χ0n) is 8.79. The van der Waals surface area contributed by atoms with Gasteiger partial charge in [-0.2, -0.15) is 0 Å². The Morgan fingerprint density at radius 2 is 2.07 bits per heavy atom. The second-order valence-electron chi connectivity index (χ2n) is 3.98. The van der Waals surface area contributed by atoms with Gasteiger partial charge < -0.3 is 10.1 Å². The van der Waals surface area contributed by atoms with Crippen LogP contribution in [0.1, 0.15) is 18.4 Å². The lowest BCUT2D eigenvalue weighted by molar-refractivity contribution is 0.401. The lowest BCUT2D eigenvalue weighted by atomic mass is 9.90. The van der Waals surface area contributed by atoms with Crippen molar-refractivity contribution >= 4 is 0 Å². The van der Waals surface area contributed by atoms with Crippen LogP contribution in [0.25, 0.3) is 0 Å². The first kappa shape index (κ1) is 9.53. The topological polar surface area (TPSA) is 21.3 Å². The van der Waals surface area contributed by atoms with Gasteiger partial charge in [-0.25, -0.2) is 0 Å². The van der Waals surface area contributed by atoms with E-state index in [2.05, 4.69) is 24.4 Å². The fourth-order valence-corrected chi connectivity index (χ4v) is 2.20. The Labute approximate surface area is 85.3 Å². The Kier molecular flexibility index (Phi) is 2.73. The molecule has 1 aromatic carbocycles. The summed E-state index contributed by atoms with van der Waals surface area (Å²) in [6.07, 6.45) is 0. The van der Waals surface area contributed by atoms with Crippen molar-refractivity contribution in [3.63, 3.8) is 0 Å². The van der Waals surface area contributed by atoms with Gasteiger partial charge in [-0.1, -0.05) is 25.1 Å². The Morgan fingerprint density at radius 3 is 2.71 bits per heavy atom. The van der Waals surface area contributed by atoms with Gasteiger partial charge >= 0.3 is 0 Å². The Balaban J connectivity index is 2.30. The maximum Gasteiger partial charge on any atom is 0.122 e. The number of para-hydroxylation sites is 1. The van der Waals surface area contributed by atoms with Crippen LogP contribution in [-0.4, -0.2) is 20.2 Å². The Hall–Kier alpha value is -1.02. The third kappa shape index (κ3) is 1.62. The largest absolute Gasteiger partial charge is 0.496 e. The first-order valence-electron chi connectivity index (χ1n) is 5.16. The predicted octanol–water partition coefficient (Wildman–Crippen LogP) is 2.02. The molecule has 76 valence electrons. The minimum Gasteiger partial charge on any atom is -0.496 e. The average molecular weight is 191 g/mol. The molecule has 0 amide bonds. The summed E-state index contributed by atoms with van der Waals surface area (Å²) in [6, 6.07) is 8.33. The smallest absolute Gasteiger partial charge is 0.122 e. The molecule has 2 atom stereocenters. The highest BCUT2D eigenvalue weighted by Gasteiger charge is 2.26. The second-order valence-corrected chi connectivity index (χ2v) is 3.98. The number of rotatable bonds is 2. The molecule has 2 rings (SSSR count). The van der Waals surface area contributed by atoms with Crippen molar-refractivity contribution in [1.29, 1.82) is 0 Å². The predicted molar refractivity (Wildman–Crippen MR) is 57.8 cm³/mol. The summed E-state index contributed by atoms with van der Waals surface area (Å²) in [6.45, 7) is 4.47. The SMILES string of the molecule is COc1ccccc1[C@H]1CNC[C@@H]1C. The number of hydrogen-bond acceptors (Lipinski definition) is 2. The molecule has 1 saturated heterocycles. The molecule has 0 aromatic heterocycles. The van der Waals surface area contributed by atoms with Crippen LogP contribution in [0.5, 0.6) is 5.75 Å². The van der Waals surface area contributed by atoms with E-state index in [1.807, 2.05) is 12.1 Å². The van der Waals surface area contributed by atoms with Crippen LogP contribution in [0.4, 0.5) is 0 Å². The van der Waals surface area contributed by atoms with Crippen LogP contribution < -0.4 is 10.1 Å². The molecule has 1 heterocycles. The monoisotopic (exact) mass is 191 g/mol. The van der Waals surface area contributed by atoms with Gasteiger partial charge in [0.25, 0.3) is 0 Å². The summed E-state index contributed by atoms with van der Waals surface area (Å²) in [5, 5.41) is 3.42. The maximum absolute atomic E-state index is 5.38. The van der Waals surface area contributed by atoms with Gasteiger partial charge in [0.1, 0.15) is 5.75 Å². The van der Waals surface area contributed by atoms with Crippen molar-refractivity contribution in [2.45, 2.75) is 12.8 Å². The molecular weight excluding hydrogens is 174 g/mol. The zero-order chi connectivity index (χ0) is 9.97. The molecular formula is C12H17NO. The third-order valence-electron chi connectivity index (χ3n) is 3.06. The van der Waals surface area contributed by atoms with E-state index in [1.165, 1.54) is 5.56 Å². The Morgan fingerprint density at radius 1 is 1.29 bits per heavy atom. The second kappa shape index (κ2) is 4.01. The normalized spacial score (nSPS) is 26.4. The van der Waals surface area contributed by atoms with Crippen LogP contribution in [0, 0.1) is 5.92 Å². The van der Waals surface area contributed by atoms with Gasteiger partial charge in [0.05, 0.1) is 7.11 Å². The van der Waals surface area contributed by atoms with E-state index < -0.39 is 0 Å². The van der Waals surface area contributed by atoms with Crippen molar-refractivity contribution < 1.29 is 4.74 Å². The van der Waals surface area contributed by atoms with Crippen molar-refractivity contribution in [2.24, 2.45) is 5.92 Å². The van der Waals surface area contributed by atoms with E-state index in [-0.39, 0.29) is 0 Å². The van der Waals surface area contributed by atoms with E-state index >= 15 is 0 Å². The molecule has 1 fully saturated rings. The number of hydrogen-bond donors (Lipinski definition) is 1. The molecule has 0 unspecified atom stereocenters. The molecule has 1 aliphatic heterocycles. The first-order valence-corrected chi connectivity index (χ1v) is 5.16. The number of ether oxygens (including phenoxy) is 1. The first-order chi connectivity index (χ1) is 6.83. The molecule has 0 spiro atoms. The number of benzene rings is 1. The van der Waals surface area contributed by atoms with Crippen LogP contribution in [-0.2, 0) is 0 Å². The van der Waals surface area contributed by atoms with Crippen molar-refractivity contribution in [1.82, 2.24) is 5.32 Å². The highest BCUT2D eigenvalue weighted by molar-refractivity contribution is 5.37. The summed E-state index contributed by atoms with van der Waals surface area (Å²) in [5.74, 6) is 2.32. The van der Waals surface area contributed by atoms with Crippen LogP contribution in [0.2, 0.25) is 0 Å². The minimum atomic E-state index is 0.603. The highest BCUT2D eigenvalue weighted by atomic mass is 16.5. The van der Waals surface area contributed by atoms with Gasteiger partial charge in [-0.3, -0.25) is 0 Å². The van der Waals surface area contributed by atoms with Gasteiger partial charge in [0.15, 0.2) is 0 Å². The maximum atomic E-state index is 5.38. The molecule has 1 aromatic rings. The Bertz CT molecular complexity index is 311. The van der Waals surface area contributed by atoms with Gasteiger partial charge in [-0.05, 0) is 24.1 Å². The number of nitrogens with one attached hydrogen (secondary N) is 1. The van der Waals surface area contributed by atoms with E-state index in [1.54, 1.807) is 7.11 Å². The van der Waals surface area contributed by atoms with Crippen molar-refractivity contribution in [3.05, 3.63) is 29.8 Å². The van der Waals surface area contributed by atoms with Crippen molar-refractivity contribution in [3.8, 4) is 5.75 Å². The number of methoxy groups -OCH3 is 1. The van der Waals surface area contributed by atoms with Crippen LogP contribution >= 0.6 is 0 Å². The molecule has 2 nitrogen and oxygen atoms in total. The molecule has 14 heavy (non-hydrogen) atoms. The van der Waals surface area contributed by atoms with E-state index in [4.69, 9.17) is 4.74 Å². The van der Waals surface area contributed by atoms with Gasteiger partial charge in [0, 0.05) is 12.5 Å². The molecule has 0 radical (unpaired) electrons. The van der Waals surface area contributed by atoms with Crippen LogP contribution in [0.15, 0.2) is 24.3 Å². The standard InChI is InChI=1S/C12H17NO/c1-9-7-13-8-11(9)10-5-3-4-6-12(10)14-2/h3-6,9,11,13H,7-8H2,1-2H3/t9-,11-/m0/s1.